The maximum Gasteiger partial charge on any atom is 0.175 e. The number of nitrogens with zero attached hydrogens (tertiary/aromatic N) is 2. The summed E-state index contributed by atoms with van der Waals surface area (Å²) in [7, 11) is -3.31. The maximum absolute atomic E-state index is 11.8. The topological polar surface area (TPSA) is 64.0 Å². The van der Waals surface area contributed by atoms with Crippen molar-refractivity contribution in [2.45, 2.75) is 24.9 Å². The van der Waals surface area contributed by atoms with E-state index < -0.39 is 9.84 Å². The number of aromatic nitrogens is 2. The number of hydrogen-bond acceptors (Lipinski definition) is 4. The van der Waals surface area contributed by atoms with E-state index in [1.165, 1.54) is 6.26 Å². The summed E-state index contributed by atoms with van der Waals surface area (Å²) in [5.74, 6) is 0. The number of sulfone groups is 1. The number of aryl methyl sites for hydroxylation is 1. The summed E-state index contributed by atoms with van der Waals surface area (Å²) in [5.41, 5.74) is 1.40. The largest absolute Gasteiger partial charge is 0.378 e. The molecule has 2 aromatic rings. The molecule has 1 aromatic heterocycles. The lowest BCUT2D eigenvalue weighted by atomic mass is 10.2. The highest BCUT2D eigenvalue weighted by molar-refractivity contribution is 7.90. The second-order valence-electron chi connectivity index (χ2n) is 4.43. The van der Waals surface area contributed by atoms with Gasteiger partial charge in [0.05, 0.1) is 16.8 Å². The van der Waals surface area contributed by atoms with Gasteiger partial charge in [0, 0.05) is 36.1 Å². The highest BCUT2D eigenvalue weighted by Gasteiger charge is 2.15. The minimum Gasteiger partial charge on any atom is -0.378 e. The number of anilines is 1. The fourth-order valence-corrected chi connectivity index (χ4v) is 3.13. The summed E-state index contributed by atoms with van der Waals surface area (Å²) >= 11 is 6.11. The van der Waals surface area contributed by atoms with Crippen LogP contribution < -0.4 is 5.32 Å². The van der Waals surface area contributed by atoms with Crippen molar-refractivity contribution >= 4 is 27.1 Å². The second-order valence-corrected chi connectivity index (χ2v) is 6.82. The van der Waals surface area contributed by atoms with Crippen LogP contribution in [0.1, 0.15) is 12.5 Å². The predicted octanol–water partition coefficient (Wildman–Crippen LogP) is 2.57. The molecule has 0 atom stereocenters. The summed E-state index contributed by atoms with van der Waals surface area (Å²) in [5, 5.41) is 7.71. The van der Waals surface area contributed by atoms with Gasteiger partial charge in [0.25, 0.3) is 0 Å². The van der Waals surface area contributed by atoms with E-state index in [0.29, 0.717) is 17.1 Å². The van der Waals surface area contributed by atoms with Crippen LogP contribution in [0.25, 0.3) is 0 Å². The third-order valence-corrected chi connectivity index (χ3v) is 4.44. The maximum atomic E-state index is 11.8. The molecule has 0 aliphatic heterocycles. The van der Waals surface area contributed by atoms with Crippen LogP contribution in [0, 0.1) is 0 Å². The summed E-state index contributed by atoms with van der Waals surface area (Å²) < 4.78 is 25.3. The van der Waals surface area contributed by atoms with Gasteiger partial charge in [-0.2, -0.15) is 5.10 Å². The Labute approximate surface area is 123 Å². The molecule has 0 amide bonds. The molecule has 1 heterocycles. The van der Waals surface area contributed by atoms with Crippen LogP contribution in [0.15, 0.2) is 35.5 Å². The van der Waals surface area contributed by atoms with Gasteiger partial charge in [-0.25, -0.2) is 8.42 Å². The first-order valence-electron chi connectivity index (χ1n) is 6.15. The van der Waals surface area contributed by atoms with E-state index >= 15 is 0 Å². The van der Waals surface area contributed by atoms with Crippen molar-refractivity contribution in [2.75, 3.05) is 11.6 Å². The molecule has 0 saturated carbocycles. The van der Waals surface area contributed by atoms with Gasteiger partial charge in [-0.05, 0) is 19.1 Å². The second kappa shape index (κ2) is 5.85. The Balaban J connectivity index is 2.25. The summed E-state index contributed by atoms with van der Waals surface area (Å²) in [6.45, 7) is 3.10. The fourth-order valence-electron chi connectivity index (χ4n) is 1.88. The Morgan fingerprint density at radius 2 is 2.15 bits per heavy atom. The van der Waals surface area contributed by atoms with Crippen LogP contribution in [-0.4, -0.2) is 24.5 Å². The normalized spacial score (nSPS) is 11.6. The van der Waals surface area contributed by atoms with Crippen LogP contribution in [-0.2, 0) is 22.9 Å². The molecule has 1 aromatic carbocycles. The minimum absolute atomic E-state index is 0.250. The van der Waals surface area contributed by atoms with Gasteiger partial charge in [0.15, 0.2) is 9.84 Å². The number of nitrogens with one attached hydrogen (secondary N) is 1. The molecular weight excluding hydrogens is 298 g/mol. The van der Waals surface area contributed by atoms with Crippen molar-refractivity contribution in [3.8, 4) is 0 Å². The molecule has 2 rings (SSSR count). The van der Waals surface area contributed by atoms with Gasteiger partial charge in [0.2, 0.25) is 0 Å². The molecule has 0 aliphatic carbocycles. The Hall–Kier alpha value is -1.53. The first-order valence-corrected chi connectivity index (χ1v) is 8.42. The van der Waals surface area contributed by atoms with Gasteiger partial charge in [-0.15, -0.1) is 0 Å². The van der Waals surface area contributed by atoms with Gasteiger partial charge in [-0.1, -0.05) is 17.7 Å². The van der Waals surface area contributed by atoms with Crippen LogP contribution in [0.3, 0.4) is 0 Å². The number of hydrogen-bond donors (Lipinski definition) is 1. The average molecular weight is 314 g/mol. The molecule has 108 valence electrons. The van der Waals surface area contributed by atoms with Crippen LogP contribution in [0.2, 0.25) is 5.02 Å². The average Bonchev–Trinajstić information content (AvgIpc) is 2.84. The Bertz CT molecular complexity index is 710. The van der Waals surface area contributed by atoms with Crippen LogP contribution >= 0.6 is 11.6 Å². The van der Waals surface area contributed by atoms with E-state index in [2.05, 4.69) is 10.4 Å². The van der Waals surface area contributed by atoms with Gasteiger partial charge < -0.3 is 5.32 Å². The predicted molar refractivity (Wildman–Crippen MR) is 79.8 cm³/mol. The fraction of sp³-hybridized carbons (Fsp3) is 0.308. The Morgan fingerprint density at radius 3 is 2.75 bits per heavy atom. The highest BCUT2D eigenvalue weighted by atomic mass is 35.5. The molecule has 0 fully saturated rings. The third kappa shape index (κ3) is 3.32. The Morgan fingerprint density at radius 1 is 1.40 bits per heavy atom. The zero-order valence-corrected chi connectivity index (χ0v) is 12.9. The molecule has 0 bridgehead atoms. The van der Waals surface area contributed by atoms with E-state index in [0.717, 1.165) is 12.2 Å². The number of benzene rings is 1. The molecule has 0 aliphatic rings. The highest BCUT2D eigenvalue weighted by Crippen LogP contribution is 2.25. The molecule has 7 heteroatoms. The van der Waals surface area contributed by atoms with E-state index in [4.69, 9.17) is 11.6 Å². The smallest absolute Gasteiger partial charge is 0.175 e. The molecule has 20 heavy (non-hydrogen) atoms. The zero-order chi connectivity index (χ0) is 14.8. The van der Waals surface area contributed by atoms with Crippen LogP contribution in [0.5, 0.6) is 0 Å². The van der Waals surface area contributed by atoms with Gasteiger partial charge in [-0.3, -0.25) is 4.68 Å². The van der Waals surface area contributed by atoms with E-state index in [-0.39, 0.29) is 4.90 Å². The van der Waals surface area contributed by atoms with Crippen molar-refractivity contribution in [3.05, 3.63) is 41.2 Å². The number of rotatable bonds is 5. The lowest BCUT2D eigenvalue weighted by Gasteiger charge is -2.11. The van der Waals surface area contributed by atoms with Gasteiger partial charge >= 0.3 is 0 Å². The molecular formula is C13H16ClN3O2S. The zero-order valence-electron chi connectivity index (χ0n) is 11.3. The van der Waals surface area contributed by atoms with Gasteiger partial charge in [0.1, 0.15) is 0 Å². The molecule has 1 N–H and O–H groups in total. The molecule has 0 radical (unpaired) electrons. The van der Waals surface area contributed by atoms with E-state index in [9.17, 15) is 8.42 Å². The lowest BCUT2D eigenvalue weighted by molar-refractivity contribution is 0.601. The van der Waals surface area contributed by atoms with Crippen molar-refractivity contribution in [1.29, 1.82) is 0 Å². The monoisotopic (exact) mass is 313 g/mol. The van der Waals surface area contributed by atoms with E-state index in [1.807, 2.05) is 13.1 Å². The van der Waals surface area contributed by atoms with Crippen molar-refractivity contribution in [2.24, 2.45) is 0 Å². The van der Waals surface area contributed by atoms with Crippen molar-refractivity contribution in [1.82, 2.24) is 9.78 Å². The third-order valence-electron chi connectivity index (χ3n) is 2.90. The van der Waals surface area contributed by atoms with E-state index in [1.54, 1.807) is 29.1 Å². The van der Waals surface area contributed by atoms with Crippen LogP contribution in [0.4, 0.5) is 5.69 Å². The SMILES string of the molecule is CCn1cc(NCc2c(Cl)cccc2S(C)(=O)=O)cn1. The molecule has 5 nitrogen and oxygen atoms in total. The minimum atomic E-state index is -3.31. The first kappa shape index (κ1) is 14.9. The number of halogens is 1. The Kier molecular flexibility index (Phi) is 4.35. The summed E-state index contributed by atoms with van der Waals surface area (Å²) in [4.78, 5) is 0.250. The van der Waals surface area contributed by atoms with Crippen molar-refractivity contribution < 1.29 is 8.42 Å². The molecule has 0 saturated heterocycles. The molecule has 0 unspecified atom stereocenters. The molecule has 0 spiro atoms. The summed E-state index contributed by atoms with van der Waals surface area (Å²) in [6.07, 6.45) is 4.73. The first-order chi connectivity index (χ1) is 9.41. The van der Waals surface area contributed by atoms with Crippen molar-refractivity contribution in [3.63, 3.8) is 0 Å². The standard InChI is InChI=1S/C13H16ClN3O2S/c1-3-17-9-10(7-16-17)15-8-11-12(14)5-4-6-13(11)20(2,18)19/h4-7,9,15H,3,8H2,1-2H3. The quantitative estimate of drug-likeness (QED) is 0.921. The summed E-state index contributed by atoms with van der Waals surface area (Å²) in [6, 6.07) is 4.88. The lowest BCUT2D eigenvalue weighted by Crippen LogP contribution is -2.07.